The Morgan fingerprint density at radius 1 is 1.43 bits per heavy atom. The summed E-state index contributed by atoms with van der Waals surface area (Å²) in [6.45, 7) is 1.54. The maximum atomic E-state index is 10.7. The zero-order chi connectivity index (χ0) is 10.6. The second-order valence-corrected chi connectivity index (χ2v) is 2.86. The van der Waals surface area contributed by atoms with Crippen LogP contribution in [0.1, 0.15) is 13.3 Å². The molecule has 4 heteroatoms. The molecule has 0 aromatic heterocycles. The summed E-state index contributed by atoms with van der Waals surface area (Å²) in [5, 5.41) is 18.2. The van der Waals surface area contributed by atoms with Crippen LogP contribution in [0.15, 0.2) is 30.3 Å². The summed E-state index contributed by atoms with van der Waals surface area (Å²) in [6, 6.07) is 8.35. The summed E-state index contributed by atoms with van der Waals surface area (Å²) in [5.41, 5.74) is 0. The highest BCUT2D eigenvalue weighted by atomic mass is 16.6. The average molecular weight is 196 g/mol. The van der Waals surface area contributed by atoms with Crippen molar-refractivity contribution in [2.24, 2.45) is 0 Å². The SMILES string of the molecule is CC[C@@](O)(Oc1ccccc1)C(=O)O. The minimum Gasteiger partial charge on any atom is -0.476 e. The number of hydrogen-bond donors (Lipinski definition) is 2. The Labute approximate surface area is 81.8 Å². The number of rotatable bonds is 4. The predicted octanol–water partition coefficient (Wildman–Crippen LogP) is 1.25. The number of aliphatic hydroxyl groups is 1. The van der Waals surface area contributed by atoms with Gasteiger partial charge in [-0.05, 0) is 12.1 Å². The molecule has 2 N–H and O–H groups in total. The topological polar surface area (TPSA) is 66.8 Å². The quantitative estimate of drug-likeness (QED) is 0.711. The molecule has 0 spiro atoms. The molecular weight excluding hydrogens is 184 g/mol. The zero-order valence-electron chi connectivity index (χ0n) is 7.80. The highest BCUT2D eigenvalue weighted by Gasteiger charge is 2.36. The molecule has 0 aliphatic heterocycles. The van der Waals surface area contributed by atoms with Crippen LogP contribution in [-0.4, -0.2) is 22.0 Å². The maximum Gasteiger partial charge on any atom is 0.377 e. The van der Waals surface area contributed by atoms with Gasteiger partial charge in [-0.3, -0.25) is 0 Å². The number of carboxylic acid groups (broad SMARTS) is 1. The summed E-state index contributed by atoms with van der Waals surface area (Å²) in [7, 11) is 0. The lowest BCUT2D eigenvalue weighted by Crippen LogP contribution is -2.43. The number of carboxylic acids is 1. The fourth-order valence-corrected chi connectivity index (χ4v) is 0.951. The third-order valence-corrected chi connectivity index (χ3v) is 1.84. The summed E-state index contributed by atoms with van der Waals surface area (Å²) < 4.78 is 4.97. The third-order valence-electron chi connectivity index (χ3n) is 1.84. The number of hydrogen-bond acceptors (Lipinski definition) is 3. The summed E-state index contributed by atoms with van der Waals surface area (Å²) in [5.74, 6) is -3.19. The van der Waals surface area contributed by atoms with Gasteiger partial charge in [-0.1, -0.05) is 25.1 Å². The molecule has 0 fully saturated rings. The lowest BCUT2D eigenvalue weighted by molar-refractivity contribution is -0.194. The summed E-state index contributed by atoms with van der Waals surface area (Å²) in [6.07, 6.45) is -0.0166. The van der Waals surface area contributed by atoms with Gasteiger partial charge in [0.15, 0.2) is 0 Å². The van der Waals surface area contributed by atoms with Crippen LogP contribution in [-0.2, 0) is 4.79 Å². The van der Waals surface area contributed by atoms with E-state index in [1.807, 2.05) is 0 Å². The van der Waals surface area contributed by atoms with E-state index in [-0.39, 0.29) is 6.42 Å². The Kier molecular flexibility index (Phi) is 3.09. The molecule has 0 radical (unpaired) electrons. The lowest BCUT2D eigenvalue weighted by Gasteiger charge is -2.22. The van der Waals surface area contributed by atoms with Gasteiger partial charge < -0.3 is 14.9 Å². The third kappa shape index (κ3) is 2.23. The minimum atomic E-state index is -2.14. The normalized spacial score (nSPS) is 14.4. The Morgan fingerprint density at radius 3 is 2.43 bits per heavy atom. The fraction of sp³-hybridized carbons (Fsp3) is 0.300. The second kappa shape index (κ2) is 4.11. The Balaban J connectivity index is 2.81. The van der Waals surface area contributed by atoms with Crippen molar-refractivity contribution in [1.29, 1.82) is 0 Å². The van der Waals surface area contributed by atoms with Crippen molar-refractivity contribution >= 4 is 5.97 Å². The summed E-state index contributed by atoms with van der Waals surface area (Å²) >= 11 is 0. The maximum absolute atomic E-state index is 10.7. The van der Waals surface area contributed by atoms with Gasteiger partial charge in [0.1, 0.15) is 5.75 Å². The van der Waals surface area contributed by atoms with E-state index in [4.69, 9.17) is 9.84 Å². The molecular formula is C10H12O4. The first-order valence-corrected chi connectivity index (χ1v) is 4.28. The van der Waals surface area contributed by atoms with Gasteiger partial charge >= 0.3 is 11.8 Å². The molecule has 1 aromatic carbocycles. The molecule has 0 saturated carbocycles. The molecule has 1 atom stereocenters. The number of aliphatic carboxylic acids is 1. The molecule has 76 valence electrons. The molecule has 0 aliphatic carbocycles. The van der Waals surface area contributed by atoms with E-state index in [2.05, 4.69) is 0 Å². The smallest absolute Gasteiger partial charge is 0.377 e. The fourth-order valence-electron chi connectivity index (χ4n) is 0.951. The Hall–Kier alpha value is -1.55. The lowest BCUT2D eigenvalue weighted by atomic mass is 10.2. The minimum absolute atomic E-state index is 0.0166. The predicted molar refractivity (Wildman–Crippen MR) is 49.9 cm³/mol. The monoisotopic (exact) mass is 196 g/mol. The van der Waals surface area contributed by atoms with E-state index in [9.17, 15) is 9.90 Å². The van der Waals surface area contributed by atoms with Gasteiger partial charge in [0, 0.05) is 6.42 Å². The van der Waals surface area contributed by atoms with Crippen molar-refractivity contribution in [3.63, 3.8) is 0 Å². The first-order valence-electron chi connectivity index (χ1n) is 4.28. The van der Waals surface area contributed by atoms with E-state index < -0.39 is 11.8 Å². The van der Waals surface area contributed by atoms with Gasteiger partial charge in [0.25, 0.3) is 0 Å². The highest BCUT2D eigenvalue weighted by molar-refractivity contribution is 5.75. The van der Waals surface area contributed by atoms with Gasteiger partial charge in [0.2, 0.25) is 0 Å². The van der Waals surface area contributed by atoms with Crippen LogP contribution >= 0.6 is 0 Å². The van der Waals surface area contributed by atoms with Gasteiger partial charge in [0.05, 0.1) is 0 Å². The zero-order valence-corrected chi connectivity index (χ0v) is 7.80. The molecule has 14 heavy (non-hydrogen) atoms. The standard InChI is InChI=1S/C10H12O4/c1-2-10(13,9(11)12)14-8-6-4-3-5-7-8/h3-7,13H,2H2,1H3,(H,11,12)/t10-/m1/s1. The number of para-hydroxylation sites is 1. The van der Waals surface area contributed by atoms with Crippen LogP contribution in [0.2, 0.25) is 0 Å². The van der Waals surface area contributed by atoms with Gasteiger partial charge in [-0.15, -0.1) is 0 Å². The molecule has 1 rings (SSSR count). The average Bonchev–Trinajstić information content (AvgIpc) is 2.19. The van der Waals surface area contributed by atoms with Crippen LogP contribution in [0.3, 0.4) is 0 Å². The van der Waals surface area contributed by atoms with Crippen LogP contribution in [0.25, 0.3) is 0 Å². The molecule has 0 unspecified atom stereocenters. The largest absolute Gasteiger partial charge is 0.476 e. The number of benzene rings is 1. The van der Waals surface area contributed by atoms with Crippen molar-refractivity contribution < 1.29 is 19.7 Å². The number of carbonyl (C=O) groups is 1. The van der Waals surface area contributed by atoms with Crippen molar-refractivity contribution in [1.82, 2.24) is 0 Å². The van der Waals surface area contributed by atoms with Crippen LogP contribution in [0.5, 0.6) is 5.75 Å². The number of ether oxygens (including phenoxy) is 1. The Morgan fingerprint density at radius 2 is 2.00 bits per heavy atom. The van der Waals surface area contributed by atoms with E-state index in [0.29, 0.717) is 5.75 Å². The van der Waals surface area contributed by atoms with E-state index in [1.54, 1.807) is 30.3 Å². The van der Waals surface area contributed by atoms with Crippen LogP contribution in [0.4, 0.5) is 0 Å². The highest BCUT2D eigenvalue weighted by Crippen LogP contribution is 2.18. The van der Waals surface area contributed by atoms with Crippen molar-refractivity contribution in [3.05, 3.63) is 30.3 Å². The molecule has 0 bridgehead atoms. The first-order chi connectivity index (χ1) is 6.58. The van der Waals surface area contributed by atoms with E-state index >= 15 is 0 Å². The Bertz CT molecular complexity index is 309. The molecule has 0 aliphatic rings. The van der Waals surface area contributed by atoms with Gasteiger partial charge in [-0.2, -0.15) is 0 Å². The molecule has 1 aromatic rings. The van der Waals surface area contributed by atoms with Crippen LogP contribution in [0, 0.1) is 0 Å². The summed E-state index contributed by atoms with van der Waals surface area (Å²) in [4.78, 5) is 10.7. The van der Waals surface area contributed by atoms with Crippen molar-refractivity contribution in [2.45, 2.75) is 19.1 Å². The van der Waals surface area contributed by atoms with E-state index in [0.717, 1.165) is 0 Å². The van der Waals surface area contributed by atoms with Crippen LogP contribution < -0.4 is 4.74 Å². The van der Waals surface area contributed by atoms with Gasteiger partial charge in [-0.25, -0.2) is 4.79 Å². The van der Waals surface area contributed by atoms with Crippen molar-refractivity contribution in [2.75, 3.05) is 0 Å². The van der Waals surface area contributed by atoms with Crippen molar-refractivity contribution in [3.8, 4) is 5.75 Å². The molecule has 0 saturated heterocycles. The second-order valence-electron chi connectivity index (χ2n) is 2.86. The molecule has 0 amide bonds. The van der Waals surface area contributed by atoms with E-state index in [1.165, 1.54) is 6.92 Å². The molecule has 0 heterocycles. The first kappa shape index (κ1) is 10.5. The molecule has 4 nitrogen and oxygen atoms in total.